The van der Waals surface area contributed by atoms with Crippen molar-refractivity contribution >= 4 is 0 Å². The molecule has 0 radical (unpaired) electrons. The van der Waals surface area contributed by atoms with Crippen LogP contribution in [0.1, 0.15) is 53.4 Å². The Hall–Kier alpha value is -0.0400. The fourth-order valence-electron chi connectivity index (χ4n) is 2.45. The van der Waals surface area contributed by atoms with E-state index in [1.807, 2.05) is 0 Å². The molecule has 1 rings (SSSR count). The molecule has 0 N–H and O–H groups in total. The maximum absolute atomic E-state index is 5.80. The van der Waals surface area contributed by atoms with Crippen LogP contribution >= 0.6 is 0 Å². The average Bonchev–Trinajstić information content (AvgIpc) is 2.05. The summed E-state index contributed by atoms with van der Waals surface area (Å²) in [6.07, 6.45) is 5.49. The molecule has 1 heteroatoms. The van der Waals surface area contributed by atoms with Crippen LogP contribution in [-0.2, 0) is 4.74 Å². The fraction of sp³-hybridized carbons (Fsp3) is 1.00. The Bertz CT molecular complexity index is 143. The van der Waals surface area contributed by atoms with Gasteiger partial charge in [0.05, 0.1) is 5.60 Å². The van der Waals surface area contributed by atoms with Gasteiger partial charge in [0.25, 0.3) is 0 Å². The lowest BCUT2D eigenvalue weighted by Crippen LogP contribution is -2.36. The summed E-state index contributed by atoms with van der Waals surface area (Å²) in [5.41, 5.74) is 0.106. The number of hydrogen-bond acceptors (Lipinski definition) is 1. The van der Waals surface area contributed by atoms with Gasteiger partial charge in [-0.15, -0.1) is 0 Å². The predicted molar refractivity (Wildman–Crippen MR) is 56.8 cm³/mol. The first-order valence-corrected chi connectivity index (χ1v) is 5.70. The van der Waals surface area contributed by atoms with E-state index in [4.69, 9.17) is 4.74 Å². The summed E-state index contributed by atoms with van der Waals surface area (Å²) in [4.78, 5) is 0. The van der Waals surface area contributed by atoms with E-state index >= 15 is 0 Å². The van der Waals surface area contributed by atoms with Crippen molar-refractivity contribution in [2.45, 2.75) is 59.0 Å². The zero-order valence-corrected chi connectivity index (χ0v) is 9.60. The molecule has 0 unspecified atom stereocenters. The Morgan fingerprint density at radius 2 is 1.69 bits per heavy atom. The van der Waals surface area contributed by atoms with Crippen LogP contribution in [0.25, 0.3) is 0 Å². The zero-order valence-electron chi connectivity index (χ0n) is 9.60. The normalized spacial score (nSPS) is 30.5. The van der Waals surface area contributed by atoms with Crippen molar-refractivity contribution in [2.75, 3.05) is 6.61 Å². The van der Waals surface area contributed by atoms with Gasteiger partial charge >= 0.3 is 0 Å². The van der Waals surface area contributed by atoms with Gasteiger partial charge in [-0.3, -0.25) is 0 Å². The summed E-state index contributed by atoms with van der Waals surface area (Å²) in [5, 5.41) is 0. The molecule has 0 atom stereocenters. The molecular formula is C12H24O. The highest BCUT2D eigenvalue weighted by molar-refractivity contribution is 4.83. The van der Waals surface area contributed by atoms with Gasteiger partial charge in [-0.2, -0.15) is 0 Å². The van der Waals surface area contributed by atoms with Gasteiger partial charge in [-0.25, -0.2) is 0 Å². The maximum Gasteiger partial charge on any atom is 0.0654 e. The van der Waals surface area contributed by atoms with Crippen LogP contribution in [-0.4, -0.2) is 12.2 Å². The third-order valence-electron chi connectivity index (χ3n) is 3.52. The van der Waals surface area contributed by atoms with E-state index in [0.717, 1.165) is 18.4 Å². The van der Waals surface area contributed by atoms with Crippen LogP contribution in [0.4, 0.5) is 0 Å². The van der Waals surface area contributed by atoms with E-state index in [-0.39, 0.29) is 5.60 Å². The van der Waals surface area contributed by atoms with Crippen LogP contribution < -0.4 is 0 Å². The summed E-state index contributed by atoms with van der Waals surface area (Å²) in [7, 11) is 0. The molecule has 0 amide bonds. The highest BCUT2D eigenvalue weighted by Crippen LogP contribution is 2.36. The van der Waals surface area contributed by atoms with Gasteiger partial charge in [0.2, 0.25) is 0 Å². The van der Waals surface area contributed by atoms with Gasteiger partial charge in [0.15, 0.2) is 0 Å². The van der Waals surface area contributed by atoms with Gasteiger partial charge in [0.1, 0.15) is 0 Å². The molecule has 1 aliphatic carbocycles. The van der Waals surface area contributed by atoms with E-state index < -0.39 is 0 Å². The molecule has 0 aromatic heterocycles. The minimum absolute atomic E-state index is 0.106. The second-order valence-corrected chi connectivity index (χ2v) is 4.99. The second-order valence-electron chi connectivity index (χ2n) is 4.99. The first-order chi connectivity index (χ1) is 6.06. The third kappa shape index (κ3) is 2.98. The van der Waals surface area contributed by atoms with Crippen molar-refractivity contribution in [3.8, 4) is 0 Å². The second kappa shape index (κ2) is 4.45. The van der Waals surface area contributed by atoms with Crippen molar-refractivity contribution in [3.05, 3.63) is 0 Å². The molecule has 1 aliphatic rings. The monoisotopic (exact) mass is 184 g/mol. The molecule has 0 heterocycles. The van der Waals surface area contributed by atoms with Crippen molar-refractivity contribution in [2.24, 2.45) is 11.8 Å². The number of rotatable bonds is 3. The van der Waals surface area contributed by atoms with Crippen LogP contribution in [0, 0.1) is 11.8 Å². The van der Waals surface area contributed by atoms with E-state index in [9.17, 15) is 0 Å². The predicted octanol–water partition coefficient (Wildman–Crippen LogP) is 3.63. The quantitative estimate of drug-likeness (QED) is 0.651. The molecule has 1 nitrogen and oxygen atoms in total. The third-order valence-corrected chi connectivity index (χ3v) is 3.52. The Morgan fingerprint density at radius 3 is 2.15 bits per heavy atom. The van der Waals surface area contributed by atoms with Crippen LogP contribution in [0.3, 0.4) is 0 Å². The summed E-state index contributed by atoms with van der Waals surface area (Å²) in [5.74, 6) is 1.72. The molecule has 0 bridgehead atoms. The summed E-state index contributed by atoms with van der Waals surface area (Å²) in [6, 6.07) is 0. The van der Waals surface area contributed by atoms with Gasteiger partial charge in [0, 0.05) is 6.61 Å². The van der Waals surface area contributed by atoms with Crippen molar-refractivity contribution in [3.63, 3.8) is 0 Å². The van der Waals surface area contributed by atoms with Crippen LogP contribution in [0.15, 0.2) is 0 Å². The number of ether oxygens (including phenoxy) is 1. The van der Waals surface area contributed by atoms with Gasteiger partial charge in [-0.05, 0) is 45.4 Å². The molecule has 0 aliphatic heterocycles. The Morgan fingerprint density at radius 1 is 1.15 bits per heavy atom. The zero-order chi connectivity index (χ0) is 9.90. The highest BCUT2D eigenvalue weighted by Gasteiger charge is 2.32. The minimum atomic E-state index is 0.106. The molecule has 78 valence electrons. The van der Waals surface area contributed by atoms with Crippen molar-refractivity contribution < 1.29 is 4.74 Å². The van der Waals surface area contributed by atoms with Gasteiger partial charge < -0.3 is 4.74 Å². The SMILES string of the molecule is CCOC(C)(C)C1CCC(C)CC1. The van der Waals surface area contributed by atoms with E-state index in [0.29, 0.717) is 0 Å². The molecule has 0 aromatic rings. The van der Waals surface area contributed by atoms with E-state index in [1.54, 1.807) is 0 Å². The molecule has 0 saturated heterocycles. The van der Waals surface area contributed by atoms with E-state index in [2.05, 4.69) is 27.7 Å². The molecular weight excluding hydrogens is 160 g/mol. The van der Waals surface area contributed by atoms with E-state index in [1.165, 1.54) is 25.7 Å². The minimum Gasteiger partial charge on any atom is -0.376 e. The molecule has 1 fully saturated rings. The topological polar surface area (TPSA) is 9.23 Å². The highest BCUT2D eigenvalue weighted by atomic mass is 16.5. The maximum atomic E-state index is 5.80. The first kappa shape index (κ1) is 11.0. The summed E-state index contributed by atoms with van der Waals surface area (Å²) < 4.78 is 5.80. The fourth-order valence-corrected chi connectivity index (χ4v) is 2.45. The smallest absolute Gasteiger partial charge is 0.0654 e. The molecule has 1 saturated carbocycles. The number of hydrogen-bond donors (Lipinski definition) is 0. The lowest BCUT2D eigenvalue weighted by Gasteiger charge is -2.38. The lowest BCUT2D eigenvalue weighted by molar-refractivity contribution is -0.0675. The summed E-state index contributed by atoms with van der Waals surface area (Å²) >= 11 is 0. The Kier molecular flexibility index (Phi) is 3.78. The Balaban J connectivity index is 2.42. The average molecular weight is 184 g/mol. The van der Waals surface area contributed by atoms with Crippen molar-refractivity contribution in [1.29, 1.82) is 0 Å². The van der Waals surface area contributed by atoms with Crippen LogP contribution in [0.2, 0.25) is 0 Å². The van der Waals surface area contributed by atoms with Gasteiger partial charge in [-0.1, -0.05) is 19.8 Å². The first-order valence-electron chi connectivity index (χ1n) is 5.70. The largest absolute Gasteiger partial charge is 0.376 e. The summed E-state index contributed by atoms with van der Waals surface area (Å²) in [6.45, 7) is 9.80. The van der Waals surface area contributed by atoms with Crippen molar-refractivity contribution in [1.82, 2.24) is 0 Å². The molecule has 0 aromatic carbocycles. The Labute approximate surface area is 82.9 Å². The lowest BCUT2D eigenvalue weighted by atomic mass is 9.75. The standard InChI is InChI=1S/C12H24O/c1-5-13-12(3,4)11-8-6-10(2)7-9-11/h10-11H,5-9H2,1-4H3. The molecule has 13 heavy (non-hydrogen) atoms. The molecule has 0 spiro atoms. The van der Waals surface area contributed by atoms with Crippen LogP contribution in [0.5, 0.6) is 0 Å².